The van der Waals surface area contributed by atoms with Crippen molar-refractivity contribution in [3.63, 3.8) is 0 Å². The van der Waals surface area contributed by atoms with Gasteiger partial charge >= 0.3 is 5.97 Å². The van der Waals surface area contributed by atoms with E-state index in [4.69, 9.17) is 19.3 Å². The van der Waals surface area contributed by atoms with Crippen LogP contribution in [0, 0.1) is 0 Å². The number of aliphatic hydroxyl groups excluding tert-OH is 4. The van der Waals surface area contributed by atoms with Crippen LogP contribution in [0.15, 0.2) is 11.6 Å². The summed E-state index contributed by atoms with van der Waals surface area (Å²) >= 11 is 0. The number of ether oxygens (including phenoxy) is 3. The third kappa shape index (κ3) is 12.6. The number of carbonyl (C=O) groups excluding carboxylic acids is 1. The fraction of sp³-hybridized carbons (Fsp3) is 0.909. The molecule has 3 heterocycles. The van der Waals surface area contributed by atoms with Gasteiger partial charge in [-0.25, -0.2) is 4.79 Å². The molecule has 0 radical (unpaired) electrons. The van der Waals surface area contributed by atoms with Crippen molar-refractivity contribution in [1.82, 2.24) is 0 Å². The van der Waals surface area contributed by atoms with E-state index in [1.807, 2.05) is 13.0 Å². The van der Waals surface area contributed by atoms with E-state index in [0.717, 1.165) is 96.3 Å². The van der Waals surface area contributed by atoms with Crippen molar-refractivity contribution >= 4 is 5.97 Å². The molecule has 0 amide bonds. The van der Waals surface area contributed by atoms with E-state index in [1.165, 1.54) is 25.7 Å². The number of aliphatic hydroxyl groups is 4. The van der Waals surface area contributed by atoms with Gasteiger partial charge in [0, 0.05) is 18.6 Å². The largest absolute Gasteiger partial charge is 0.455 e. The molecular formula is C33H58O8. The summed E-state index contributed by atoms with van der Waals surface area (Å²) in [4.78, 5) is 11.6. The summed E-state index contributed by atoms with van der Waals surface area (Å²) in [6.45, 7) is 2.07. The summed E-state index contributed by atoms with van der Waals surface area (Å²) in [5, 5.41) is 40.3. The normalized spacial score (nSPS) is 28.6. The molecule has 3 aliphatic heterocycles. The van der Waals surface area contributed by atoms with Crippen LogP contribution in [0.2, 0.25) is 0 Å². The van der Waals surface area contributed by atoms with E-state index in [9.17, 15) is 20.1 Å². The number of rotatable bonds is 22. The lowest BCUT2D eigenvalue weighted by Crippen LogP contribution is -2.33. The second kappa shape index (κ2) is 19.3. The zero-order valence-electron chi connectivity index (χ0n) is 25.5. The number of unbranched alkanes of at least 4 members (excludes halogenated alkanes) is 10. The minimum absolute atomic E-state index is 0.0248. The summed E-state index contributed by atoms with van der Waals surface area (Å²) in [5.41, 5.74) is 0.611. The fourth-order valence-electron chi connectivity index (χ4n) is 6.61. The second-order valence-electron chi connectivity index (χ2n) is 12.7. The van der Waals surface area contributed by atoms with Gasteiger partial charge in [-0.05, 0) is 64.4 Å². The molecule has 8 atom stereocenters. The molecule has 8 nitrogen and oxygen atoms in total. The molecule has 2 fully saturated rings. The first-order chi connectivity index (χ1) is 19.9. The molecule has 3 aliphatic rings. The Morgan fingerprint density at radius 2 is 1.17 bits per heavy atom. The minimum Gasteiger partial charge on any atom is -0.455 e. The Morgan fingerprint density at radius 3 is 1.63 bits per heavy atom. The van der Waals surface area contributed by atoms with Gasteiger partial charge in [0.05, 0.1) is 42.7 Å². The quantitative estimate of drug-likeness (QED) is 0.101. The van der Waals surface area contributed by atoms with E-state index in [1.54, 1.807) is 0 Å². The zero-order valence-corrected chi connectivity index (χ0v) is 25.5. The first-order valence-corrected chi connectivity index (χ1v) is 16.7. The van der Waals surface area contributed by atoms with Crippen molar-refractivity contribution < 1.29 is 39.4 Å². The van der Waals surface area contributed by atoms with Crippen LogP contribution in [-0.4, -0.2) is 81.8 Å². The Hall–Kier alpha value is -1.03. The standard InChI is InChI=1S/C33H58O8/c1-24-22-25(33(38)39-24)23-26(35)14-10-6-4-2-3-5-7-11-15-27(36)29-17-19-31(40-29)32-20-18-30(41-32)28(37)16-12-8-9-13-21-34/h22,24,26-32,34-37H,2-21,23H2,1H3/t24-,26+,27+,28+,29+,30+,31+,32+/m0/s1. The number of cyclic esters (lactones) is 1. The minimum atomic E-state index is -0.469. The van der Waals surface area contributed by atoms with Gasteiger partial charge in [0.15, 0.2) is 0 Å². The van der Waals surface area contributed by atoms with Gasteiger partial charge in [-0.1, -0.05) is 70.6 Å². The Labute approximate surface area is 247 Å². The van der Waals surface area contributed by atoms with Gasteiger partial charge in [0.25, 0.3) is 0 Å². The molecule has 8 heteroatoms. The average molecular weight is 583 g/mol. The highest BCUT2D eigenvalue weighted by Gasteiger charge is 2.40. The zero-order chi connectivity index (χ0) is 29.5. The lowest BCUT2D eigenvalue weighted by molar-refractivity contribution is -0.139. The molecule has 0 aliphatic carbocycles. The predicted molar refractivity (Wildman–Crippen MR) is 158 cm³/mol. The van der Waals surface area contributed by atoms with Gasteiger partial charge in [-0.2, -0.15) is 0 Å². The number of carbonyl (C=O) groups is 1. The van der Waals surface area contributed by atoms with Crippen molar-refractivity contribution in [3.8, 4) is 0 Å². The summed E-state index contributed by atoms with van der Waals surface area (Å²) in [5.74, 6) is -0.286. The molecule has 0 aromatic carbocycles. The highest BCUT2D eigenvalue weighted by atomic mass is 16.6. The summed E-state index contributed by atoms with van der Waals surface area (Å²) in [7, 11) is 0. The Bertz CT molecular complexity index is 758. The van der Waals surface area contributed by atoms with Crippen molar-refractivity contribution in [1.29, 1.82) is 0 Å². The molecule has 0 unspecified atom stereocenters. The van der Waals surface area contributed by atoms with Crippen LogP contribution in [0.3, 0.4) is 0 Å². The molecule has 2 saturated heterocycles. The molecule has 0 aromatic heterocycles. The van der Waals surface area contributed by atoms with Crippen LogP contribution >= 0.6 is 0 Å². The molecule has 0 bridgehead atoms. The van der Waals surface area contributed by atoms with Crippen LogP contribution in [0.1, 0.15) is 135 Å². The number of esters is 1. The van der Waals surface area contributed by atoms with Crippen LogP contribution in [0.5, 0.6) is 0 Å². The summed E-state index contributed by atoms with van der Waals surface area (Å²) in [6.07, 6.45) is 19.2. The average Bonchev–Trinajstić information content (AvgIpc) is 3.69. The van der Waals surface area contributed by atoms with E-state index in [2.05, 4.69) is 0 Å². The van der Waals surface area contributed by atoms with Crippen LogP contribution in [0.25, 0.3) is 0 Å². The molecule has 3 rings (SSSR count). The predicted octanol–water partition coefficient (Wildman–Crippen LogP) is 5.27. The monoisotopic (exact) mass is 582 g/mol. The smallest absolute Gasteiger partial charge is 0.334 e. The molecule has 238 valence electrons. The fourth-order valence-corrected chi connectivity index (χ4v) is 6.61. The molecule has 0 spiro atoms. The van der Waals surface area contributed by atoms with Crippen LogP contribution in [-0.2, 0) is 19.0 Å². The van der Waals surface area contributed by atoms with Gasteiger partial charge in [0.2, 0.25) is 0 Å². The highest BCUT2D eigenvalue weighted by molar-refractivity contribution is 5.90. The van der Waals surface area contributed by atoms with E-state index in [0.29, 0.717) is 12.0 Å². The first kappa shape index (κ1) is 34.5. The molecule has 0 aromatic rings. The van der Waals surface area contributed by atoms with E-state index >= 15 is 0 Å². The van der Waals surface area contributed by atoms with Gasteiger partial charge < -0.3 is 34.6 Å². The van der Waals surface area contributed by atoms with Crippen LogP contribution < -0.4 is 0 Å². The summed E-state index contributed by atoms with van der Waals surface area (Å²) < 4.78 is 17.5. The molecular weight excluding hydrogens is 524 g/mol. The maximum absolute atomic E-state index is 11.6. The van der Waals surface area contributed by atoms with Crippen molar-refractivity contribution in [2.75, 3.05) is 6.61 Å². The molecule has 41 heavy (non-hydrogen) atoms. The van der Waals surface area contributed by atoms with E-state index < -0.39 is 18.3 Å². The van der Waals surface area contributed by atoms with Crippen molar-refractivity contribution in [2.45, 2.75) is 184 Å². The number of hydrogen-bond donors (Lipinski definition) is 4. The lowest BCUT2D eigenvalue weighted by Gasteiger charge is -2.24. The summed E-state index contributed by atoms with van der Waals surface area (Å²) in [6, 6.07) is 0. The third-order valence-corrected chi connectivity index (χ3v) is 9.09. The Kier molecular flexibility index (Phi) is 16.2. The van der Waals surface area contributed by atoms with Gasteiger partial charge in [-0.15, -0.1) is 0 Å². The molecule has 0 saturated carbocycles. The van der Waals surface area contributed by atoms with Gasteiger partial charge in [0.1, 0.15) is 6.10 Å². The van der Waals surface area contributed by atoms with Crippen LogP contribution in [0.4, 0.5) is 0 Å². The first-order valence-electron chi connectivity index (χ1n) is 16.7. The van der Waals surface area contributed by atoms with Crippen molar-refractivity contribution in [2.24, 2.45) is 0 Å². The third-order valence-electron chi connectivity index (χ3n) is 9.09. The highest BCUT2D eigenvalue weighted by Crippen LogP contribution is 2.34. The maximum atomic E-state index is 11.6. The Morgan fingerprint density at radius 1 is 0.707 bits per heavy atom. The SMILES string of the molecule is C[C@H]1C=C(C[C@H](O)CCCCCCCCCC[C@@H](O)[C@H]2CC[C@H]([C@H]3CC[C@H]([C@H](O)CCCCCCO)O3)O2)C(=O)O1. The molecule has 4 N–H and O–H groups in total. The second-order valence-corrected chi connectivity index (χ2v) is 12.7. The topological polar surface area (TPSA) is 126 Å². The lowest BCUT2D eigenvalue weighted by atomic mass is 10.00. The van der Waals surface area contributed by atoms with Gasteiger partial charge in [-0.3, -0.25) is 0 Å². The number of hydrogen-bond acceptors (Lipinski definition) is 8. The van der Waals surface area contributed by atoms with E-state index in [-0.39, 0.29) is 43.1 Å². The maximum Gasteiger partial charge on any atom is 0.334 e. The van der Waals surface area contributed by atoms with Crippen molar-refractivity contribution in [3.05, 3.63) is 11.6 Å². The Balaban J connectivity index is 1.14.